The van der Waals surface area contributed by atoms with Gasteiger partial charge >= 0.3 is 0 Å². The average Bonchev–Trinajstić information content (AvgIpc) is 2.56. The summed E-state index contributed by atoms with van der Waals surface area (Å²) in [6, 6.07) is 1.86. The van der Waals surface area contributed by atoms with Gasteiger partial charge in [0.2, 0.25) is 0 Å². The second kappa shape index (κ2) is 3.38. The van der Waals surface area contributed by atoms with Gasteiger partial charge in [-0.25, -0.2) is 4.98 Å². The van der Waals surface area contributed by atoms with Crippen LogP contribution in [0, 0.1) is 13.8 Å². The molecule has 0 saturated heterocycles. The van der Waals surface area contributed by atoms with E-state index in [0.717, 1.165) is 5.56 Å². The van der Waals surface area contributed by atoms with Crippen molar-refractivity contribution in [3.8, 4) is 11.5 Å². The van der Waals surface area contributed by atoms with Crippen molar-refractivity contribution in [2.45, 2.75) is 13.8 Å². The van der Waals surface area contributed by atoms with Crippen molar-refractivity contribution in [2.24, 2.45) is 0 Å². The minimum atomic E-state index is 0.374. The molecule has 0 aliphatic heterocycles. The van der Waals surface area contributed by atoms with Gasteiger partial charge in [0.15, 0.2) is 5.82 Å². The van der Waals surface area contributed by atoms with E-state index >= 15 is 0 Å². The first-order chi connectivity index (χ1) is 6.66. The maximum Gasteiger partial charge on any atom is 0.261 e. The number of rotatable bonds is 1. The van der Waals surface area contributed by atoms with Gasteiger partial charge < -0.3 is 4.52 Å². The van der Waals surface area contributed by atoms with Crippen LogP contribution in [0.25, 0.3) is 11.5 Å². The highest BCUT2D eigenvalue weighted by Gasteiger charge is 2.11. The molecule has 14 heavy (non-hydrogen) atoms. The molecule has 0 saturated carbocycles. The van der Waals surface area contributed by atoms with E-state index in [1.807, 2.05) is 13.0 Å². The smallest absolute Gasteiger partial charge is 0.261 e. The minimum Gasteiger partial charge on any atom is -0.334 e. The molecule has 0 spiro atoms. The number of nitrogens with zero attached hydrogens (tertiary/aromatic N) is 3. The Kier molecular flexibility index (Phi) is 2.21. The Morgan fingerprint density at radius 1 is 1.36 bits per heavy atom. The lowest BCUT2D eigenvalue weighted by atomic mass is 10.2. The van der Waals surface area contributed by atoms with Crippen LogP contribution in [0.4, 0.5) is 0 Å². The van der Waals surface area contributed by atoms with Crippen molar-refractivity contribution in [3.05, 3.63) is 28.8 Å². The molecule has 0 aliphatic carbocycles. The van der Waals surface area contributed by atoms with E-state index in [9.17, 15) is 0 Å². The van der Waals surface area contributed by atoms with E-state index in [1.54, 1.807) is 13.1 Å². The van der Waals surface area contributed by atoms with Gasteiger partial charge in [0.25, 0.3) is 5.89 Å². The minimum absolute atomic E-state index is 0.374. The van der Waals surface area contributed by atoms with Gasteiger partial charge in [-0.2, -0.15) is 4.98 Å². The van der Waals surface area contributed by atoms with E-state index in [2.05, 4.69) is 15.1 Å². The monoisotopic (exact) mass is 209 g/mol. The lowest BCUT2D eigenvalue weighted by Crippen LogP contribution is -1.85. The predicted octanol–water partition coefficient (Wildman–Crippen LogP) is 2.40. The number of halogens is 1. The van der Waals surface area contributed by atoms with Gasteiger partial charge in [-0.15, -0.1) is 0 Å². The lowest BCUT2D eigenvalue weighted by Gasteiger charge is -1.98. The molecular formula is C9H8ClN3O. The van der Waals surface area contributed by atoms with Crippen LogP contribution in [0.2, 0.25) is 5.15 Å². The molecule has 4 nitrogen and oxygen atoms in total. The predicted molar refractivity (Wildman–Crippen MR) is 52.0 cm³/mol. The van der Waals surface area contributed by atoms with E-state index < -0.39 is 0 Å². The Bertz CT molecular complexity index is 467. The van der Waals surface area contributed by atoms with Crippen molar-refractivity contribution in [1.82, 2.24) is 15.1 Å². The fourth-order valence-electron chi connectivity index (χ4n) is 1.11. The highest BCUT2D eigenvalue weighted by atomic mass is 35.5. The number of hydrogen-bond donors (Lipinski definition) is 0. The first-order valence-electron chi connectivity index (χ1n) is 4.09. The Labute approximate surface area is 85.9 Å². The molecular weight excluding hydrogens is 202 g/mol. The van der Waals surface area contributed by atoms with Crippen LogP contribution in [0.3, 0.4) is 0 Å². The van der Waals surface area contributed by atoms with Crippen molar-refractivity contribution in [1.29, 1.82) is 0 Å². The van der Waals surface area contributed by atoms with Gasteiger partial charge in [0.1, 0.15) is 5.15 Å². The molecule has 2 rings (SSSR count). The number of aromatic nitrogens is 3. The fraction of sp³-hybridized carbons (Fsp3) is 0.222. The third-order valence-electron chi connectivity index (χ3n) is 1.73. The molecule has 0 fully saturated rings. The number of hydrogen-bond acceptors (Lipinski definition) is 4. The van der Waals surface area contributed by atoms with Gasteiger partial charge in [-0.3, -0.25) is 0 Å². The molecule has 0 unspecified atom stereocenters. The molecule has 72 valence electrons. The van der Waals surface area contributed by atoms with Gasteiger partial charge in [0.05, 0.1) is 5.56 Å². The zero-order valence-electron chi connectivity index (χ0n) is 7.78. The molecule has 0 aliphatic rings. The van der Waals surface area contributed by atoms with Gasteiger partial charge in [0, 0.05) is 6.20 Å². The molecule has 2 heterocycles. The SMILES string of the molecule is Cc1cnc(Cl)c(-c2nc(C)no2)c1. The maximum atomic E-state index is 5.90. The van der Waals surface area contributed by atoms with E-state index in [4.69, 9.17) is 16.1 Å². The number of pyridine rings is 1. The molecule has 0 aromatic carbocycles. The molecule has 0 radical (unpaired) electrons. The summed E-state index contributed by atoms with van der Waals surface area (Å²) >= 11 is 5.90. The van der Waals surface area contributed by atoms with Crippen LogP contribution in [0.1, 0.15) is 11.4 Å². The number of aryl methyl sites for hydroxylation is 2. The van der Waals surface area contributed by atoms with Crippen molar-refractivity contribution in [2.75, 3.05) is 0 Å². The molecule has 5 heteroatoms. The second-order valence-electron chi connectivity index (χ2n) is 3.00. The topological polar surface area (TPSA) is 51.8 Å². The molecule has 0 atom stereocenters. The molecule has 0 bridgehead atoms. The summed E-state index contributed by atoms with van der Waals surface area (Å²) < 4.78 is 5.00. The quantitative estimate of drug-likeness (QED) is 0.677. The summed E-state index contributed by atoms with van der Waals surface area (Å²) in [6.45, 7) is 3.68. The summed E-state index contributed by atoms with van der Waals surface area (Å²) in [5.41, 5.74) is 1.67. The summed E-state index contributed by atoms with van der Waals surface area (Å²) in [5.74, 6) is 0.987. The van der Waals surface area contributed by atoms with Gasteiger partial charge in [-0.1, -0.05) is 16.8 Å². The zero-order chi connectivity index (χ0) is 10.1. The summed E-state index contributed by atoms with van der Waals surface area (Å²) in [5, 5.41) is 4.07. The molecule has 0 amide bonds. The third kappa shape index (κ3) is 1.61. The largest absolute Gasteiger partial charge is 0.334 e. The van der Waals surface area contributed by atoms with E-state index in [0.29, 0.717) is 22.4 Å². The summed E-state index contributed by atoms with van der Waals surface area (Å²) in [6.07, 6.45) is 1.69. The van der Waals surface area contributed by atoms with Crippen LogP contribution < -0.4 is 0 Å². The standard InChI is InChI=1S/C9H8ClN3O/c1-5-3-7(8(10)11-4-5)9-12-6(2)13-14-9/h3-4H,1-2H3. The Balaban J connectivity index is 2.55. The average molecular weight is 210 g/mol. The van der Waals surface area contributed by atoms with Crippen molar-refractivity contribution in [3.63, 3.8) is 0 Å². The van der Waals surface area contributed by atoms with Gasteiger partial charge in [-0.05, 0) is 25.5 Å². The van der Waals surface area contributed by atoms with Crippen LogP contribution in [0.5, 0.6) is 0 Å². The third-order valence-corrected chi connectivity index (χ3v) is 2.03. The molecule has 2 aromatic heterocycles. The second-order valence-corrected chi connectivity index (χ2v) is 3.36. The normalized spacial score (nSPS) is 10.5. The Hall–Kier alpha value is -1.42. The van der Waals surface area contributed by atoms with Crippen molar-refractivity contribution < 1.29 is 4.52 Å². The highest BCUT2D eigenvalue weighted by molar-refractivity contribution is 6.31. The van der Waals surface area contributed by atoms with Crippen LogP contribution in [-0.2, 0) is 0 Å². The fourth-order valence-corrected chi connectivity index (χ4v) is 1.29. The maximum absolute atomic E-state index is 5.90. The van der Waals surface area contributed by atoms with E-state index in [1.165, 1.54) is 0 Å². The first-order valence-corrected chi connectivity index (χ1v) is 4.47. The van der Waals surface area contributed by atoms with Crippen LogP contribution >= 0.6 is 11.6 Å². The summed E-state index contributed by atoms with van der Waals surface area (Å²) in [4.78, 5) is 8.08. The first kappa shape index (κ1) is 9.15. The molecule has 2 aromatic rings. The highest BCUT2D eigenvalue weighted by Crippen LogP contribution is 2.24. The van der Waals surface area contributed by atoms with Crippen molar-refractivity contribution >= 4 is 11.6 Å². The Morgan fingerprint density at radius 3 is 2.79 bits per heavy atom. The lowest BCUT2D eigenvalue weighted by molar-refractivity contribution is 0.425. The molecule has 0 N–H and O–H groups in total. The van der Waals surface area contributed by atoms with E-state index in [-0.39, 0.29) is 0 Å². The Morgan fingerprint density at radius 2 is 2.14 bits per heavy atom. The zero-order valence-corrected chi connectivity index (χ0v) is 8.54. The van der Waals surface area contributed by atoms with Crippen LogP contribution in [0.15, 0.2) is 16.8 Å². The summed E-state index contributed by atoms with van der Waals surface area (Å²) in [7, 11) is 0. The van der Waals surface area contributed by atoms with Crippen LogP contribution in [-0.4, -0.2) is 15.1 Å².